The number of aryl methyl sites for hydroxylation is 1. The maximum absolute atomic E-state index is 13.3. The molecule has 0 fully saturated rings. The Hall–Kier alpha value is -2.02. The second kappa shape index (κ2) is 3.86. The van der Waals surface area contributed by atoms with E-state index in [-0.39, 0.29) is 18.3 Å². The molecule has 0 saturated heterocycles. The van der Waals surface area contributed by atoms with E-state index in [2.05, 4.69) is 11.2 Å². The second-order valence-electron chi connectivity index (χ2n) is 3.73. The van der Waals surface area contributed by atoms with Gasteiger partial charge in [0.25, 0.3) is 0 Å². The first-order valence-corrected chi connectivity index (χ1v) is 4.90. The standard InChI is InChI=1S/C12H11FN2O/c1-3-4-15-7-12(16)14-10-6-9(13)8(2)5-11(10)15/h1,5-6H,4,7H2,2H3,(H,14,16). The molecule has 0 radical (unpaired) electrons. The highest BCUT2D eigenvalue weighted by atomic mass is 19.1. The largest absolute Gasteiger partial charge is 0.349 e. The molecule has 1 heterocycles. The number of anilines is 2. The van der Waals surface area contributed by atoms with Gasteiger partial charge in [0.2, 0.25) is 5.91 Å². The maximum Gasteiger partial charge on any atom is 0.243 e. The predicted octanol–water partition coefficient (Wildman–Crippen LogP) is 1.53. The Kier molecular flexibility index (Phi) is 2.53. The Morgan fingerprint density at radius 1 is 1.62 bits per heavy atom. The summed E-state index contributed by atoms with van der Waals surface area (Å²) in [5.74, 6) is 1.98. The Balaban J connectivity index is 2.49. The summed E-state index contributed by atoms with van der Waals surface area (Å²) in [5.41, 5.74) is 1.79. The zero-order valence-corrected chi connectivity index (χ0v) is 8.88. The van der Waals surface area contributed by atoms with E-state index in [1.807, 2.05) is 0 Å². The van der Waals surface area contributed by atoms with Crippen LogP contribution >= 0.6 is 0 Å². The van der Waals surface area contributed by atoms with Gasteiger partial charge < -0.3 is 10.2 Å². The fourth-order valence-electron chi connectivity index (χ4n) is 1.73. The maximum atomic E-state index is 13.3. The number of terminal acetylenes is 1. The minimum absolute atomic E-state index is 0.175. The summed E-state index contributed by atoms with van der Waals surface area (Å²) in [6, 6.07) is 3.02. The normalized spacial score (nSPS) is 14.1. The van der Waals surface area contributed by atoms with E-state index in [0.29, 0.717) is 17.8 Å². The van der Waals surface area contributed by atoms with Crippen LogP contribution in [0.4, 0.5) is 15.8 Å². The predicted molar refractivity (Wildman–Crippen MR) is 60.8 cm³/mol. The molecule has 4 heteroatoms. The van der Waals surface area contributed by atoms with Gasteiger partial charge in [-0.2, -0.15) is 0 Å². The quantitative estimate of drug-likeness (QED) is 0.725. The number of carbonyl (C=O) groups excluding carboxylic acids is 1. The molecule has 0 aliphatic carbocycles. The number of hydrogen-bond acceptors (Lipinski definition) is 2. The Morgan fingerprint density at radius 2 is 2.38 bits per heavy atom. The van der Waals surface area contributed by atoms with Gasteiger partial charge in [-0.1, -0.05) is 5.92 Å². The summed E-state index contributed by atoms with van der Waals surface area (Å²) in [6.07, 6.45) is 5.23. The van der Waals surface area contributed by atoms with Crippen molar-refractivity contribution >= 4 is 17.3 Å². The SMILES string of the molecule is C#CCN1CC(=O)Nc2cc(F)c(C)cc21. The lowest BCUT2D eigenvalue weighted by atomic mass is 10.1. The monoisotopic (exact) mass is 218 g/mol. The van der Waals surface area contributed by atoms with Crippen LogP contribution < -0.4 is 10.2 Å². The molecule has 82 valence electrons. The number of halogens is 1. The lowest BCUT2D eigenvalue weighted by molar-refractivity contribution is -0.115. The Bertz CT molecular complexity index is 491. The van der Waals surface area contributed by atoms with Crippen molar-refractivity contribution in [1.82, 2.24) is 0 Å². The summed E-state index contributed by atoms with van der Waals surface area (Å²) < 4.78 is 13.3. The van der Waals surface area contributed by atoms with Crippen LogP contribution in [0.15, 0.2) is 12.1 Å². The van der Waals surface area contributed by atoms with E-state index in [0.717, 1.165) is 5.69 Å². The molecule has 1 aromatic rings. The van der Waals surface area contributed by atoms with E-state index in [1.165, 1.54) is 6.07 Å². The third kappa shape index (κ3) is 1.72. The van der Waals surface area contributed by atoms with Crippen molar-refractivity contribution in [2.24, 2.45) is 0 Å². The van der Waals surface area contributed by atoms with Crippen LogP contribution in [0.1, 0.15) is 5.56 Å². The Labute approximate surface area is 93.3 Å². The Morgan fingerprint density at radius 3 is 3.06 bits per heavy atom. The first-order chi connectivity index (χ1) is 7.61. The van der Waals surface area contributed by atoms with Crippen molar-refractivity contribution in [3.63, 3.8) is 0 Å². The fraction of sp³-hybridized carbons (Fsp3) is 0.250. The van der Waals surface area contributed by atoms with Crippen LogP contribution in [0.3, 0.4) is 0 Å². The van der Waals surface area contributed by atoms with E-state index >= 15 is 0 Å². The van der Waals surface area contributed by atoms with Crippen LogP contribution in [0.5, 0.6) is 0 Å². The lowest BCUT2D eigenvalue weighted by Gasteiger charge is -2.29. The number of carbonyl (C=O) groups is 1. The minimum Gasteiger partial charge on any atom is -0.349 e. The molecular formula is C12H11FN2O. The minimum atomic E-state index is -0.332. The van der Waals surface area contributed by atoms with Crippen molar-refractivity contribution in [2.75, 3.05) is 23.3 Å². The number of nitrogens with zero attached hydrogens (tertiary/aromatic N) is 1. The van der Waals surface area contributed by atoms with Gasteiger partial charge in [0.1, 0.15) is 5.82 Å². The van der Waals surface area contributed by atoms with Crippen LogP contribution in [-0.4, -0.2) is 19.0 Å². The molecule has 1 aromatic carbocycles. The van der Waals surface area contributed by atoms with Gasteiger partial charge in [0, 0.05) is 0 Å². The van der Waals surface area contributed by atoms with E-state index in [4.69, 9.17) is 6.42 Å². The molecule has 1 aliphatic rings. The van der Waals surface area contributed by atoms with Crippen molar-refractivity contribution < 1.29 is 9.18 Å². The number of fused-ring (bicyclic) bond motifs is 1. The molecule has 0 atom stereocenters. The summed E-state index contributed by atoms with van der Waals surface area (Å²) in [4.78, 5) is 13.1. The lowest BCUT2D eigenvalue weighted by Crippen LogP contribution is -2.38. The van der Waals surface area contributed by atoms with Gasteiger partial charge in [-0.05, 0) is 24.6 Å². The molecule has 0 unspecified atom stereocenters. The molecule has 16 heavy (non-hydrogen) atoms. The van der Waals surface area contributed by atoms with Crippen molar-refractivity contribution in [3.8, 4) is 12.3 Å². The molecule has 0 saturated carbocycles. The van der Waals surface area contributed by atoms with E-state index in [1.54, 1.807) is 17.9 Å². The van der Waals surface area contributed by atoms with Crippen LogP contribution in [-0.2, 0) is 4.79 Å². The van der Waals surface area contributed by atoms with Crippen molar-refractivity contribution in [1.29, 1.82) is 0 Å². The number of hydrogen-bond donors (Lipinski definition) is 1. The van der Waals surface area contributed by atoms with Crippen LogP contribution in [0.25, 0.3) is 0 Å². The van der Waals surface area contributed by atoms with Gasteiger partial charge in [-0.15, -0.1) is 6.42 Å². The highest BCUT2D eigenvalue weighted by molar-refractivity contribution is 6.01. The van der Waals surface area contributed by atoms with Gasteiger partial charge in [-0.3, -0.25) is 4.79 Å². The molecule has 1 aliphatic heterocycles. The van der Waals surface area contributed by atoms with E-state index in [9.17, 15) is 9.18 Å². The first-order valence-electron chi connectivity index (χ1n) is 4.90. The van der Waals surface area contributed by atoms with Crippen LogP contribution in [0, 0.1) is 25.1 Å². The van der Waals surface area contributed by atoms with E-state index < -0.39 is 0 Å². The highest BCUT2D eigenvalue weighted by Crippen LogP contribution is 2.31. The second-order valence-corrected chi connectivity index (χ2v) is 3.73. The number of nitrogens with one attached hydrogen (secondary N) is 1. The smallest absolute Gasteiger partial charge is 0.243 e. The summed E-state index contributed by atoms with van der Waals surface area (Å²) in [5, 5.41) is 2.63. The topological polar surface area (TPSA) is 32.3 Å². The zero-order chi connectivity index (χ0) is 11.7. The third-order valence-electron chi connectivity index (χ3n) is 2.51. The number of benzene rings is 1. The number of rotatable bonds is 1. The average Bonchev–Trinajstić information content (AvgIpc) is 2.21. The third-order valence-corrected chi connectivity index (χ3v) is 2.51. The summed E-state index contributed by atoms with van der Waals surface area (Å²) in [7, 11) is 0. The van der Waals surface area contributed by atoms with Gasteiger partial charge in [-0.25, -0.2) is 4.39 Å². The highest BCUT2D eigenvalue weighted by Gasteiger charge is 2.22. The van der Waals surface area contributed by atoms with Gasteiger partial charge in [0.05, 0.1) is 24.5 Å². The van der Waals surface area contributed by atoms with Crippen molar-refractivity contribution in [3.05, 3.63) is 23.5 Å². The molecular weight excluding hydrogens is 207 g/mol. The van der Waals surface area contributed by atoms with Crippen LogP contribution in [0.2, 0.25) is 0 Å². The molecule has 1 N–H and O–H groups in total. The fourth-order valence-corrected chi connectivity index (χ4v) is 1.73. The molecule has 3 nitrogen and oxygen atoms in total. The van der Waals surface area contributed by atoms with Gasteiger partial charge in [0.15, 0.2) is 0 Å². The molecule has 2 rings (SSSR count). The molecule has 0 bridgehead atoms. The number of amides is 1. The van der Waals surface area contributed by atoms with Gasteiger partial charge >= 0.3 is 0 Å². The zero-order valence-electron chi connectivity index (χ0n) is 8.88. The molecule has 1 amide bonds. The first kappa shape index (κ1) is 10.5. The molecule has 0 spiro atoms. The summed E-state index contributed by atoms with van der Waals surface area (Å²) in [6.45, 7) is 2.23. The summed E-state index contributed by atoms with van der Waals surface area (Å²) >= 11 is 0. The molecule has 0 aromatic heterocycles. The average molecular weight is 218 g/mol. The van der Waals surface area contributed by atoms with Crippen molar-refractivity contribution in [2.45, 2.75) is 6.92 Å².